The molecule has 0 heterocycles. The van der Waals surface area contributed by atoms with Crippen molar-refractivity contribution in [2.24, 2.45) is 11.7 Å². The number of nitrogens with two attached hydrogens (primary N) is 1. The number of esters is 1. The van der Waals surface area contributed by atoms with E-state index >= 15 is 0 Å². The average molecular weight is 213 g/mol. The molecule has 1 aliphatic rings. The molecule has 0 amide bonds. The van der Waals surface area contributed by atoms with Gasteiger partial charge in [0.1, 0.15) is 17.3 Å². The van der Waals surface area contributed by atoms with E-state index in [1.54, 1.807) is 20.8 Å². The van der Waals surface area contributed by atoms with E-state index in [9.17, 15) is 9.59 Å². The second-order valence-corrected chi connectivity index (χ2v) is 5.09. The maximum absolute atomic E-state index is 11.7. The van der Waals surface area contributed by atoms with Crippen LogP contribution in [0.2, 0.25) is 0 Å². The molecule has 0 saturated heterocycles. The number of carbonyl (C=O) groups excluding carboxylic acids is 2. The lowest BCUT2D eigenvalue weighted by Crippen LogP contribution is -2.40. The molecule has 0 bridgehead atoms. The van der Waals surface area contributed by atoms with Crippen molar-refractivity contribution in [3.8, 4) is 0 Å². The second-order valence-electron chi connectivity index (χ2n) is 5.09. The molecule has 0 spiro atoms. The fourth-order valence-corrected chi connectivity index (χ4v) is 1.65. The van der Waals surface area contributed by atoms with Crippen molar-refractivity contribution in [1.82, 2.24) is 0 Å². The predicted molar refractivity (Wildman–Crippen MR) is 56.2 cm³/mol. The van der Waals surface area contributed by atoms with Crippen LogP contribution in [-0.4, -0.2) is 23.4 Å². The van der Waals surface area contributed by atoms with Crippen LogP contribution in [0.5, 0.6) is 0 Å². The number of hydrogen-bond donors (Lipinski definition) is 1. The van der Waals surface area contributed by atoms with Crippen LogP contribution in [0.3, 0.4) is 0 Å². The van der Waals surface area contributed by atoms with Gasteiger partial charge in [0.05, 0.1) is 0 Å². The lowest BCUT2D eigenvalue weighted by molar-refractivity contribution is -0.163. The van der Waals surface area contributed by atoms with E-state index in [1.165, 1.54) is 0 Å². The van der Waals surface area contributed by atoms with Gasteiger partial charge in [0.2, 0.25) is 0 Å². The highest BCUT2D eigenvalue weighted by Gasteiger charge is 2.35. The minimum absolute atomic E-state index is 0.0362. The van der Waals surface area contributed by atoms with Gasteiger partial charge in [0, 0.05) is 12.5 Å². The van der Waals surface area contributed by atoms with Crippen molar-refractivity contribution >= 4 is 11.8 Å². The maximum Gasteiger partial charge on any atom is 0.317 e. The minimum Gasteiger partial charge on any atom is -0.459 e. The van der Waals surface area contributed by atoms with Gasteiger partial charge in [-0.3, -0.25) is 9.59 Å². The highest BCUT2D eigenvalue weighted by Crippen LogP contribution is 2.23. The van der Waals surface area contributed by atoms with E-state index in [0.717, 1.165) is 0 Å². The normalized spacial score (nSPS) is 27.6. The first-order valence-electron chi connectivity index (χ1n) is 5.31. The fraction of sp³-hybridized carbons (Fsp3) is 0.818. The third-order valence-corrected chi connectivity index (χ3v) is 2.38. The molecule has 0 radical (unpaired) electrons. The molecular weight excluding hydrogens is 194 g/mol. The highest BCUT2D eigenvalue weighted by molar-refractivity contribution is 5.99. The Hall–Kier alpha value is -0.900. The standard InChI is InChI=1S/C11H19NO3/c1-11(2,3)15-10(14)8-6-7(12)4-5-9(8)13/h7-8H,4-6,12H2,1-3H3. The lowest BCUT2D eigenvalue weighted by Gasteiger charge is -2.27. The Morgan fingerprint density at radius 1 is 1.47 bits per heavy atom. The molecule has 0 aromatic carbocycles. The Kier molecular flexibility index (Phi) is 3.50. The smallest absolute Gasteiger partial charge is 0.317 e. The van der Waals surface area contributed by atoms with Gasteiger partial charge in [0.25, 0.3) is 0 Å². The Morgan fingerprint density at radius 2 is 2.07 bits per heavy atom. The summed E-state index contributed by atoms with van der Waals surface area (Å²) >= 11 is 0. The lowest BCUT2D eigenvalue weighted by atomic mass is 9.85. The molecule has 1 saturated carbocycles. The first kappa shape index (κ1) is 12.2. The van der Waals surface area contributed by atoms with Gasteiger partial charge in [0.15, 0.2) is 0 Å². The molecule has 2 unspecified atom stereocenters. The van der Waals surface area contributed by atoms with E-state index in [-0.39, 0.29) is 11.8 Å². The molecule has 0 aromatic rings. The number of ketones is 1. The average Bonchev–Trinajstić information content (AvgIpc) is 2.06. The van der Waals surface area contributed by atoms with Gasteiger partial charge in [-0.15, -0.1) is 0 Å². The molecule has 1 rings (SSSR count). The summed E-state index contributed by atoms with van der Waals surface area (Å²) < 4.78 is 5.18. The molecule has 2 N–H and O–H groups in total. The zero-order valence-electron chi connectivity index (χ0n) is 9.58. The molecule has 1 fully saturated rings. The Labute approximate surface area is 90.2 Å². The van der Waals surface area contributed by atoms with Crippen LogP contribution in [0.1, 0.15) is 40.0 Å². The Morgan fingerprint density at radius 3 is 2.60 bits per heavy atom. The van der Waals surface area contributed by atoms with Gasteiger partial charge in [-0.25, -0.2) is 0 Å². The van der Waals surface area contributed by atoms with Crippen molar-refractivity contribution in [3.05, 3.63) is 0 Å². The largest absolute Gasteiger partial charge is 0.459 e. The quantitative estimate of drug-likeness (QED) is 0.521. The predicted octanol–water partition coefficient (Wildman–Crippen LogP) is 1.02. The number of carbonyl (C=O) groups is 2. The van der Waals surface area contributed by atoms with Crippen molar-refractivity contribution in [3.63, 3.8) is 0 Å². The molecule has 1 aliphatic carbocycles. The van der Waals surface area contributed by atoms with Crippen LogP contribution >= 0.6 is 0 Å². The third kappa shape index (κ3) is 3.63. The SMILES string of the molecule is CC(C)(C)OC(=O)C1CC(N)CCC1=O. The summed E-state index contributed by atoms with van der Waals surface area (Å²) in [5, 5.41) is 0. The molecule has 4 nitrogen and oxygen atoms in total. The molecule has 4 heteroatoms. The first-order valence-corrected chi connectivity index (χ1v) is 5.31. The van der Waals surface area contributed by atoms with E-state index in [0.29, 0.717) is 19.3 Å². The molecule has 15 heavy (non-hydrogen) atoms. The van der Waals surface area contributed by atoms with Crippen LogP contribution in [0.25, 0.3) is 0 Å². The number of ether oxygens (including phenoxy) is 1. The molecule has 0 aliphatic heterocycles. The summed E-state index contributed by atoms with van der Waals surface area (Å²) in [6.45, 7) is 5.37. The van der Waals surface area contributed by atoms with Gasteiger partial charge in [-0.05, 0) is 33.6 Å². The topological polar surface area (TPSA) is 69.4 Å². The van der Waals surface area contributed by atoms with Gasteiger partial charge < -0.3 is 10.5 Å². The van der Waals surface area contributed by atoms with Crippen molar-refractivity contribution in [2.45, 2.75) is 51.7 Å². The van der Waals surface area contributed by atoms with Gasteiger partial charge >= 0.3 is 5.97 Å². The number of Topliss-reactive ketones (excluding diaryl/α,β-unsaturated/α-hetero) is 1. The van der Waals surface area contributed by atoms with E-state index < -0.39 is 17.5 Å². The van der Waals surface area contributed by atoms with Crippen LogP contribution in [0.15, 0.2) is 0 Å². The first-order chi connectivity index (χ1) is 6.79. The Bertz CT molecular complexity index is 267. The second kappa shape index (κ2) is 4.31. The van der Waals surface area contributed by atoms with Crippen molar-refractivity contribution in [1.29, 1.82) is 0 Å². The summed E-state index contributed by atoms with van der Waals surface area (Å²) in [5.41, 5.74) is 5.19. The monoisotopic (exact) mass is 213 g/mol. The van der Waals surface area contributed by atoms with E-state index in [2.05, 4.69) is 0 Å². The summed E-state index contributed by atoms with van der Waals surface area (Å²) in [7, 11) is 0. The fourth-order valence-electron chi connectivity index (χ4n) is 1.65. The number of rotatable bonds is 1. The third-order valence-electron chi connectivity index (χ3n) is 2.38. The van der Waals surface area contributed by atoms with E-state index in [4.69, 9.17) is 10.5 Å². The summed E-state index contributed by atoms with van der Waals surface area (Å²) in [4.78, 5) is 23.2. The summed E-state index contributed by atoms with van der Waals surface area (Å²) in [5.74, 6) is -1.11. The molecular formula is C11H19NO3. The van der Waals surface area contributed by atoms with Crippen LogP contribution in [-0.2, 0) is 14.3 Å². The highest BCUT2D eigenvalue weighted by atomic mass is 16.6. The van der Waals surface area contributed by atoms with Crippen LogP contribution in [0.4, 0.5) is 0 Å². The summed E-state index contributed by atoms with van der Waals surface area (Å²) in [6.07, 6.45) is 1.50. The zero-order chi connectivity index (χ0) is 11.6. The molecule has 0 aromatic heterocycles. The Balaban J connectivity index is 2.61. The van der Waals surface area contributed by atoms with Crippen molar-refractivity contribution in [2.75, 3.05) is 0 Å². The maximum atomic E-state index is 11.7. The zero-order valence-corrected chi connectivity index (χ0v) is 9.58. The van der Waals surface area contributed by atoms with Crippen molar-refractivity contribution < 1.29 is 14.3 Å². The number of hydrogen-bond acceptors (Lipinski definition) is 4. The van der Waals surface area contributed by atoms with Gasteiger partial charge in [-0.1, -0.05) is 0 Å². The molecule has 2 atom stereocenters. The van der Waals surface area contributed by atoms with E-state index in [1.807, 2.05) is 0 Å². The summed E-state index contributed by atoms with van der Waals surface area (Å²) in [6, 6.07) is -0.0554. The minimum atomic E-state index is -0.645. The van der Waals surface area contributed by atoms with Crippen LogP contribution in [0, 0.1) is 5.92 Å². The van der Waals surface area contributed by atoms with Crippen LogP contribution < -0.4 is 5.73 Å². The van der Waals surface area contributed by atoms with Gasteiger partial charge in [-0.2, -0.15) is 0 Å². The molecule has 86 valence electrons.